The maximum atomic E-state index is 13.3. The van der Waals surface area contributed by atoms with E-state index >= 15 is 0 Å². The third kappa shape index (κ3) is 6.69. The van der Waals surface area contributed by atoms with Gasteiger partial charge in [0.05, 0.1) is 5.41 Å². The van der Waals surface area contributed by atoms with Crippen LogP contribution < -0.4 is 0 Å². The molecule has 1 saturated heterocycles. The van der Waals surface area contributed by atoms with Gasteiger partial charge >= 0.3 is 5.97 Å². The van der Waals surface area contributed by atoms with Crippen LogP contribution in [0, 0.1) is 10.8 Å². The van der Waals surface area contributed by atoms with E-state index in [-0.39, 0.29) is 22.8 Å². The topological polar surface area (TPSA) is 59.1 Å². The van der Waals surface area contributed by atoms with Gasteiger partial charge in [-0.2, -0.15) is 0 Å². The normalized spacial score (nSPS) is 26.4. The highest BCUT2D eigenvalue weighted by molar-refractivity contribution is 5.78. The fourth-order valence-electron chi connectivity index (χ4n) is 6.03. The lowest BCUT2D eigenvalue weighted by Gasteiger charge is -2.50. The molecule has 1 aromatic carbocycles. The average molecular weight is 501 g/mol. The summed E-state index contributed by atoms with van der Waals surface area (Å²) in [4.78, 5) is 30.4. The number of rotatable bonds is 8. The second kappa shape index (κ2) is 11.2. The molecule has 0 unspecified atom stereocenters. The summed E-state index contributed by atoms with van der Waals surface area (Å²) in [5, 5.41) is 0. The van der Waals surface area contributed by atoms with Gasteiger partial charge in [-0.1, -0.05) is 37.3 Å². The number of benzene rings is 1. The molecule has 0 radical (unpaired) electrons. The fraction of sp³-hybridized carbons (Fsp3) is 0.733. The lowest BCUT2D eigenvalue weighted by molar-refractivity contribution is -0.175. The molecule has 0 aromatic heterocycles. The summed E-state index contributed by atoms with van der Waals surface area (Å²) in [5.74, 6) is -0.0700. The molecule has 1 amide bonds. The van der Waals surface area contributed by atoms with Crippen molar-refractivity contribution >= 4 is 11.9 Å². The van der Waals surface area contributed by atoms with Crippen molar-refractivity contribution in [1.82, 2.24) is 9.80 Å². The number of esters is 1. The fourth-order valence-corrected chi connectivity index (χ4v) is 6.03. The van der Waals surface area contributed by atoms with Crippen LogP contribution in [0.1, 0.15) is 85.1 Å². The first-order valence-electron chi connectivity index (χ1n) is 13.6. The number of hydrogen-bond donors (Lipinski definition) is 0. The van der Waals surface area contributed by atoms with Crippen LogP contribution in [0.4, 0.5) is 0 Å². The van der Waals surface area contributed by atoms with Gasteiger partial charge in [0.2, 0.25) is 5.91 Å². The summed E-state index contributed by atoms with van der Waals surface area (Å²) in [6, 6.07) is 10.8. The van der Waals surface area contributed by atoms with E-state index < -0.39 is 11.0 Å². The predicted molar refractivity (Wildman–Crippen MR) is 144 cm³/mol. The molecule has 36 heavy (non-hydrogen) atoms. The van der Waals surface area contributed by atoms with E-state index in [4.69, 9.17) is 9.47 Å². The van der Waals surface area contributed by atoms with Crippen LogP contribution in [0.3, 0.4) is 0 Å². The molecule has 1 heterocycles. The molecular formula is C30H48N2O4. The van der Waals surface area contributed by atoms with Gasteiger partial charge in [-0.15, -0.1) is 0 Å². The number of carbonyl (C=O) groups is 2. The molecule has 3 rings (SSSR count). The number of hydrogen-bond acceptors (Lipinski definition) is 5. The van der Waals surface area contributed by atoms with E-state index in [0.29, 0.717) is 39.0 Å². The lowest BCUT2D eigenvalue weighted by atomic mass is 9.65. The number of carbonyl (C=O) groups excluding carboxylic acids is 2. The second-order valence-electron chi connectivity index (χ2n) is 12.7. The second-order valence-corrected chi connectivity index (χ2v) is 12.7. The van der Waals surface area contributed by atoms with E-state index in [9.17, 15) is 9.59 Å². The SMILES string of the molecule is CC(=O)N(CCC1(C(=O)OC(C)(C)C)CCOCC1)C[C@]1(C)CC[C@](c2ccccc2)(N(C)C)CC1. The van der Waals surface area contributed by atoms with Crippen molar-refractivity contribution in [2.45, 2.75) is 90.7 Å². The van der Waals surface area contributed by atoms with Crippen molar-refractivity contribution in [2.24, 2.45) is 10.8 Å². The van der Waals surface area contributed by atoms with Gasteiger partial charge in [0.15, 0.2) is 0 Å². The number of ether oxygens (including phenoxy) is 2. The van der Waals surface area contributed by atoms with Crippen molar-refractivity contribution in [3.63, 3.8) is 0 Å². The van der Waals surface area contributed by atoms with Crippen molar-refractivity contribution < 1.29 is 19.1 Å². The van der Waals surface area contributed by atoms with Gasteiger partial charge in [-0.25, -0.2) is 0 Å². The molecule has 1 aliphatic carbocycles. The van der Waals surface area contributed by atoms with Gasteiger partial charge < -0.3 is 14.4 Å². The summed E-state index contributed by atoms with van der Waals surface area (Å²) in [7, 11) is 4.36. The monoisotopic (exact) mass is 500 g/mol. The van der Waals surface area contributed by atoms with Crippen LogP contribution >= 0.6 is 0 Å². The van der Waals surface area contributed by atoms with Crippen LogP contribution in [0.5, 0.6) is 0 Å². The highest BCUT2D eigenvalue weighted by atomic mass is 16.6. The predicted octanol–water partition coefficient (Wildman–Crippen LogP) is 5.40. The molecular weight excluding hydrogens is 452 g/mol. The summed E-state index contributed by atoms with van der Waals surface area (Å²) in [6.07, 6.45) is 6.13. The molecule has 0 N–H and O–H groups in total. The minimum Gasteiger partial charge on any atom is -0.460 e. The molecule has 2 aliphatic rings. The van der Waals surface area contributed by atoms with Crippen LogP contribution in [-0.4, -0.2) is 67.7 Å². The van der Waals surface area contributed by atoms with Crippen LogP contribution in [0.25, 0.3) is 0 Å². The van der Waals surface area contributed by atoms with E-state index in [1.165, 1.54) is 5.56 Å². The first-order valence-corrected chi connectivity index (χ1v) is 13.6. The molecule has 6 nitrogen and oxygen atoms in total. The molecule has 1 saturated carbocycles. The van der Waals surface area contributed by atoms with E-state index in [0.717, 1.165) is 32.2 Å². The Morgan fingerprint density at radius 1 is 0.972 bits per heavy atom. The van der Waals surface area contributed by atoms with Crippen molar-refractivity contribution in [1.29, 1.82) is 0 Å². The molecule has 0 spiro atoms. The van der Waals surface area contributed by atoms with Gasteiger partial charge in [0, 0.05) is 38.8 Å². The van der Waals surface area contributed by atoms with Crippen molar-refractivity contribution in [3.05, 3.63) is 35.9 Å². The van der Waals surface area contributed by atoms with Gasteiger partial charge in [-0.3, -0.25) is 14.5 Å². The molecule has 202 valence electrons. The summed E-state index contributed by atoms with van der Waals surface area (Å²) < 4.78 is 11.4. The zero-order valence-electron chi connectivity index (χ0n) is 23.7. The van der Waals surface area contributed by atoms with Crippen LogP contribution in [0.15, 0.2) is 30.3 Å². The molecule has 2 fully saturated rings. The maximum absolute atomic E-state index is 13.3. The highest BCUT2D eigenvalue weighted by Gasteiger charge is 2.45. The van der Waals surface area contributed by atoms with E-state index in [1.807, 2.05) is 25.7 Å². The summed E-state index contributed by atoms with van der Waals surface area (Å²) in [5.41, 5.74) is 0.342. The van der Waals surface area contributed by atoms with E-state index in [2.05, 4.69) is 56.3 Å². The first kappa shape index (κ1) is 28.6. The van der Waals surface area contributed by atoms with Crippen molar-refractivity contribution in [2.75, 3.05) is 40.4 Å². The largest absolute Gasteiger partial charge is 0.460 e. The third-order valence-electron chi connectivity index (χ3n) is 8.61. The molecule has 0 atom stereocenters. The number of nitrogens with zero attached hydrogens (tertiary/aromatic N) is 2. The lowest BCUT2D eigenvalue weighted by Crippen LogP contribution is -2.50. The van der Waals surface area contributed by atoms with Crippen LogP contribution in [0.2, 0.25) is 0 Å². The molecule has 1 aliphatic heterocycles. The van der Waals surface area contributed by atoms with Gasteiger partial charge in [0.25, 0.3) is 0 Å². The Morgan fingerprint density at radius 3 is 2.06 bits per heavy atom. The Bertz CT molecular complexity index is 876. The van der Waals surface area contributed by atoms with Crippen LogP contribution in [-0.2, 0) is 24.6 Å². The Balaban J connectivity index is 1.70. The smallest absolute Gasteiger partial charge is 0.312 e. The molecule has 1 aromatic rings. The highest BCUT2D eigenvalue weighted by Crippen LogP contribution is 2.48. The summed E-state index contributed by atoms with van der Waals surface area (Å²) >= 11 is 0. The first-order chi connectivity index (χ1) is 16.8. The molecule has 6 heteroatoms. The Labute approximate surface area is 218 Å². The zero-order chi connectivity index (χ0) is 26.6. The quantitative estimate of drug-likeness (QED) is 0.447. The Morgan fingerprint density at radius 2 is 1.56 bits per heavy atom. The minimum atomic E-state index is -0.583. The Hall–Kier alpha value is -1.92. The Kier molecular flexibility index (Phi) is 8.93. The minimum absolute atomic E-state index is 0.0324. The van der Waals surface area contributed by atoms with Gasteiger partial charge in [-0.05, 0) is 90.8 Å². The van der Waals surface area contributed by atoms with Gasteiger partial charge in [0.1, 0.15) is 5.60 Å². The summed E-state index contributed by atoms with van der Waals surface area (Å²) in [6.45, 7) is 12.1. The third-order valence-corrected chi connectivity index (χ3v) is 8.61. The zero-order valence-corrected chi connectivity index (χ0v) is 23.7. The average Bonchev–Trinajstić information content (AvgIpc) is 2.82. The number of amides is 1. The molecule has 0 bridgehead atoms. The van der Waals surface area contributed by atoms with Crippen molar-refractivity contribution in [3.8, 4) is 0 Å². The van der Waals surface area contributed by atoms with E-state index in [1.54, 1.807) is 6.92 Å². The maximum Gasteiger partial charge on any atom is 0.312 e. The standard InChI is InChI=1S/C30H48N2O4/c1-24(33)32(20-17-29(18-21-35-22-19-29)26(34)36-27(2,3)4)23-28(5)13-15-30(16-14-28,31(6)7)25-11-9-8-10-12-25/h8-12H,13-23H2,1-7H3/t28-,30+.